The Kier molecular flexibility index (Phi) is 4.04. The number of nitrogen functional groups attached to an aromatic ring is 1. The van der Waals surface area contributed by atoms with Crippen LogP contribution in [0.4, 0.5) is 5.69 Å². The van der Waals surface area contributed by atoms with Crippen LogP contribution in [0.25, 0.3) is 6.08 Å². The van der Waals surface area contributed by atoms with Gasteiger partial charge in [0.15, 0.2) is 5.57 Å². The van der Waals surface area contributed by atoms with Crippen molar-refractivity contribution in [3.8, 4) is 18.2 Å². The molecule has 1 aliphatic heterocycles. The molecule has 3 N–H and O–H groups in total. The van der Waals surface area contributed by atoms with Gasteiger partial charge in [-0.3, -0.25) is 4.79 Å². The zero-order valence-electron chi connectivity index (χ0n) is 11.3. The number of carbonyl (C=O) groups excluding carboxylic acids is 1. The molecule has 104 valence electrons. The number of hydrogen-bond acceptors (Lipinski definition) is 5. The molecule has 0 spiro atoms. The number of rotatable bonds is 2. The highest BCUT2D eigenvalue weighted by atomic mass is 16.1. The highest BCUT2D eigenvalue weighted by molar-refractivity contribution is 6.05. The van der Waals surface area contributed by atoms with E-state index in [2.05, 4.69) is 5.32 Å². The maximum atomic E-state index is 11.9. The lowest BCUT2D eigenvalue weighted by molar-refractivity contribution is -0.115. The molecule has 0 unspecified atom stereocenters. The number of nitriles is 3. The molecule has 1 amide bonds. The van der Waals surface area contributed by atoms with Crippen LogP contribution in [0.1, 0.15) is 5.56 Å². The van der Waals surface area contributed by atoms with E-state index >= 15 is 0 Å². The number of carbonyl (C=O) groups is 1. The Morgan fingerprint density at radius 2 is 1.73 bits per heavy atom. The first-order chi connectivity index (χ1) is 10.6. The zero-order valence-corrected chi connectivity index (χ0v) is 11.3. The fraction of sp³-hybridized carbons (Fsp3) is 0. The Labute approximate surface area is 126 Å². The minimum absolute atomic E-state index is 0.0187. The Morgan fingerprint density at radius 1 is 1.09 bits per heavy atom. The van der Waals surface area contributed by atoms with Crippen LogP contribution >= 0.6 is 0 Å². The quantitative estimate of drug-likeness (QED) is 0.630. The molecule has 1 aromatic carbocycles. The average molecular weight is 287 g/mol. The molecular formula is C16H9N5O. The summed E-state index contributed by atoms with van der Waals surface area (Å²) in [6.07, 6.45) is 3.12. The van der Waals surface area contributed by atoms with E-state index in [9.17, 15) is 10.1 Å². The van der Waals surface area contributed by atoms with Gasteiger partial charge in [0.2, 0.25) is 0 Å². The smallest absolute Gasteiger partial charge is 0.257 e. The van der Waals surface area contributed by atoms with Crippen molar-refractivity contribution in [3.05, 3.63) is 58.3 Å². The van der Waals surface area contributed by atoms with Crippen molar-refractivity contribution in [2.45, 2.75) is 0 Å². The van der Waals surface area contributed by atoms with Gasteiger partial charge in [-0.1, -0.05) is 18.2 Å². The predicted molar refractivity (Wildman–Crippen MR) is 78.9 cm³/mol. The topological polar surface area (TPSA) is 126 Å². The third-order valence-electron chi connectivity index (χ3n) is 2.97. The Morgan fingerprint density at radius 3 is 2.27 bits per heavy atom. The number of nitrogens with zero attached hydrogens (tertiary/aromatic N) is 3. The second-order valence-electron chi connectivity index (χ2n) is 4.33. The van der Waals surface area contributed by atoms with Gasteiger partial charge in [-0.2, -0.15) is 15.8 Å². The number of amides is 1. The third-order valence-corrected chi connectivity index (χ3v) is 2.97. The summed E-state index contributed by atoms with van der Waals surface area (Å²) >= 11 is 0. The van der Waals surface area contributed by atoms with Crippen molar-refractivity contribution < 1.29 is 4.79 Å². The molecule has 0 aliphatic carbocycles. The van der Waals surface area contributed by atoms with E-state index in [-0.39, 0.29) is 22.4 Å². The Bertz CT molecular complexity index is 836. The van der Waals surface area contributed by atoms with Crippen molar-refractivity contribution in [3.63, 3.8) is 0 Å². The fourth-order valence-corrected chi connectivity index (χ4v) is 1.88. The fourth-order valence-electron chi connectivity index (χ4n) is 1.88. The van der Waals surface area contributed by atoms with Gasteiger partial charge in [0.1, 0.15) is 18.2 Å². The number of nitrogens with two attached hydrogens (primary N) is 1. The van der Waals surface area contributed by atoms with Crippen molar-refractivity contribution in [1.29, 1.82) is 15.8 Å². The first-order valence-corrected chi connectivity index (χ1v) is 6.15. The van der Waals surface area contributed by atoms with Crippen LogP contribution in [0.5, 0.6) is 0 Å². The second kappa shape index (κ2) is 6.09. The number of hydrogen-bond donors (Lipinski definition) is 2. The zero-order chi connectivity index (χ0) is 16.1. The van der Waals surface area contributed by atoms with Gasteiger partial charge in [-0.05, 0) is 23.8 Å². The molecule has 22 heavy (non-hydrogen) atoms. The molecule has 1 aromatic rings. The molecule has 0 atom stereocenters. The molecular weight excluding hydrogens is 278 g/mol. The minimum atomic E-state index is -0.527. The van der Waals surface area contributed by atoms with Gasteiger partial charge in [0.05, 0.1) is 16.8 Å². The van der Waals surface area contributed by atoms with Crippen LogP contribution in [-0.4, -0.2) is 5.91 Å². The van der Waals surface area contributed by atoms with Crippen molar-refractivity contribution in [2.24, 2.45) is 0 Å². The summed E-state index contributed by atoms with van der Waals surface area (Å²) in [5.41, 5.74) is 6.74. The summed E-state index contributed by atoms with van der Waals surface area (Å²) in [4.78, 5) is 11.9. The van der Waals surface area contributed by atoms with E-state index in [0.717, 1.165) is 5.56 Å². The van der Waals surface area contributed by atoms with E-state index in [4.69, 9.17) is 16.3 Å². The summed E-state index contributed by atoms with van der Waals surface area (Å²) in [6.45, 7) is 0. The van der Waals surface area contributed by atoms with Crippen molar-refractivity contribution >= 4 is 17.7 Å². The van der Waals surface area contributed by atoms with Crippen LogP contribution in [0.3, 0.4) is 0 Å². The van der Waals surface area contributed by atoms with Crippen molar-refractivity contribution in [2.75, 3.05) is 5.73 Å². The summed E-state index contributed by atoms with van der Waals surface area (Å²) in [7, 11) is 0. The molecule has 0 saturated heterocycles. The molecule has 0 aromatic heterocycles. The standard InChI is InChI=1S/C16H9N5O/c17-7-11(8-18)15-14(9-19)13(16(22)21-15)6-3-10-1-4-12(20)5-2-10/h1-6H,20H2,(H,21,22)/b6-3+. The van der Waals surface area contributed by atoms with Crippen LogP contribution < -0.4 is 11.1 Å². The van der Waals surface area contributed by atoms with Gasteiger partial charge >= 0.3 is 0 Å². The highest BCUT2D eigenvalue weighted by Crippen LogP contribution is 2.24. The largest absolute Gasteiger partial charge is 0.399 e. The number of nitrogens with one attached hydrogen (secondary N) is 1. The number of allylic oxidation sites excluding steroid dienone is 2. The lowest BCUT2D eigenvalue weighted by atomic mass is 10.1. The lowest BCUT2D eigenvalue weighted by Crippen LogP contribution is -2.17. The highest BCUT2D eigenvalue weighted by Gasteiger charge is 2.28. The molecule has 1 heterocycles. The molecule has 0 bridgehead atoms. The maximum Gasteiger partial charge on any atom is 0.257 e. The molecule has 0 radical (unpaired) electrons. The monoisotopic (exact) mass is 287 g/mol. The van der Waals surface area contributed by atoms with Crippen molar-refractivity contribution in [1.82, 2.24) is 5.32 Å². The number of benzene rings is 1. The molecule has 0 saturated carbocycles. The summed E-state index contributed by atoms with van der Waals surface area (Å²) in [5, 5.41) is 29.3. The van der Waals surface area contributed by atoms with E-state index in [1.54, 1.807) is 42.5 Å². The third kappa shape index (κ3) is 2.70. The van der Waals surface area contributed by atoms with Gasteiger partial charge in [-0.25, -0.2) is 0 Å². The molecule has 1 aliphatic rings. The van der Waals surface area contributed by atoms with Gasteiger partial charge in [0, 0.05) is 5.69 Å². The second-order valence-corrected chi connectivity index (χ2v) is 4.33. The van der Waals surface area contributed by atoms with Gasteiger partial charge in [-0.15, -0.1) is 0 Å². The van der Waals surface area contributed by atoms with Crippen LogP contribution in [0.2, 0.25) is 0 Å². The van der Waals surface area contributed by atoms with Crippen LogP contribution in [0, 0.1) is 34.0 Å². The van der Waals surface area contributed by atoms with E-state index in [1.165, 1.54) is 6.08 Å². The average Bonchev–Trinajstić information content (AvgIpc) is 2.84. The Hall–Kier alpha value is -3.82. The maximum absolute atomic E-state index is 11.9. The first kappa shape index (κ1) is 14.6. The lowest BCUT2D eigenvalue weighted by Gasteiger charge is -1.95. The predicted octanol–water partition coefficient (Wildman–Crippen LogP) is 1.53. The van der Waals surface area contributed by atoms with E-state index in [1.807, 2.05) is 6.07 Å². The summed E-state index contributed by atoms with van der Waals surface area (Å²) in [5.74, 6) is -0.527. The summed E-state index contributed by atoms with van der Waals surface area (Å²) in [6, 6.07) is 12.1. The summed E-state index contributed by atoms with van der Waals surface area (Å²) < 4.78 is 0. The van der Waals surface area contributed by atoms with Crippen LogP contribution in [-0.2, 0) is 4.79 Å². The molecule has 6 heteroatoms. The normalized spacial score (nSPS) is 13.5. The number of anilines is 1. The van der Waals surface area contributed by atoms with Gasteiger partial charge < -0.3 is 11.1 Å². The minimum Gasteiger partial charge on any atom is -0.399 e. The van der Waals surface area contributed by atoms with E-state index in [0.29, 0.717) is 5.69 Å². The molecule has 2 rings (SSSR count). The molecule has 6 nitrogen and oxygen atoms in total. The van der Waals surface area contributed by atoms with Crippen LogP contribution in [0.15, 0.2) is 52.8 Å². The van der Waals surface area contributed by atoms with Gasteiger partial charge in [0.25, 0.3) is 5.91 Å². The molecule has 0 fully saturated rings. The Balaban J connectivity index is 2.47. The SMILES string of the molecule is N#CC(C#N)=C1NC(=O)C(/C=C/c2ccc(N)cc2)=C1C#N. The van der Waals surface area contributed by atoms with E-state index < -0.39 is 5.91 Å². The first-order valence-electron chi connectivity index (χ1n) is 6.15.